The van der Waals surface area contributed by atoms with Crippen LogP contribution in [0.4, 0.5) is 4.39 Å². The second-order valence-electron chi connectivity index (χ2n) is 7.27. The first-order chi connectivity index (χ1) is 14.2. The SMILES string of the molecule is COCCCN(Cc1cccn1Cc1cccc(F)c1)C[C@H](O)c1ccccc1. The summed E-state index contributed by atoms with van der Waals surface area (Å²) in [6, 6.07) is 20.5. The Morgan fingerprint density at radius 2 is 1.90 bits per heavy atom. The van der Waals surface area contributed by atoms with Gasteiger partial charge < -0.3 is 14.4 Å². The molecule has 0 fully saturated rings. The zero-order chi connectivity index (χ0) is 20.5. The van der Waals surface area contributed by atoms with E-state index >= 15 is 0 Å². The van der Waals surface area contributed by atoms with Gasteiger partial charge in [0.2, 0.25) is 0 Å². The number of aromatic nitrogens is 1. The molecule has 0 radical (unpaired) electrons. The van der Waals surface area contributed by atoms with Gasteiger partial charge in [-0.25, -0.2) is 4.39 Å². The van der Waals surface area contributed by atoms with Gasteiger partial charge in [0.05, 0.1) is 6.10 Å². The maximum Gasteiger partial charge on any atom is 0.123 e. The van der Waals surface area contributed by atoms with Gasteiger partial charge in [-0.2, -0.15) is 0 Å². The summed E-state index contributed by atoms with van der Waals surface area (Å²) in [6.07, 6.45) is 2.36. The van der Waals surface area contributed by atoms with Crippen molar-refractivity contribution in [2.45, 2.75) is 25.6 Å². The number of hydrogen-bond acceptors (Lipinski definition) is 3. The highest BCUT2D eigenvalue weighted by Crippen LogP contribution is 2.17. The van der Waals surface area contributed by atoms with Crippen LogP contribution in [0.2, 0.25) is 0 Å². The minimum absolute atomic E-state index is 0.219. The zero-order valence-electron chi connectivity index (χ0n) is 16.9. The van der Waals surface area contributed by atoms with E-state index in [2.05, 4.69) is 15.5 Å². The van der Waals surface area contributed by atoms with E-state index in [0.29, 0.717) is 26.2 Å². The minimum Gasteiger partial charge on any atom is -0.387 e. The fraction of sp³-hybridized carbons (Fsp3) is 0.333. The molecule has 1 heterocycles. The molecule has 0 bridgehead atoms. The van der Waals surface area contributed by atoms with Crippen molar-refractivity contribution >= 4 is 0 Å². The van der Waals surface area contributed by atoms with Gasteiger partial charge in [-0.1, -0.05) is 42.5 Å². The minimum atomic E-state index is -0.551. The highest BCUT2D eigenvalue weighted by atomic mass is 19.1. The van der Waals surface area contributed by atoms with Crippen molar-refractivity contribution in [3.8, 4) is 0 Å². The van der Waals surface area contributed by atoms with Gasteiger partial charge in [0.25, 0.3) is 0 Å². The Balaban J connectivity index is 1.69. The van der Waals surface area contributed by atoms with Crippen LogP contribution in [0.1, 0.15) is 29.3 Å². The highest BCUT2D eigenvalue weighted by Gasteiger charge is 2.15. The average Bonchev–Trinajstić information content (AvgIpc) is 3.15. The number of nitrogens with zero attached hydrogens (tertiary/aromatic N) is 2. The van der Waals surface area contributed by atoms with E-state index in [1.54, 1.807) is 19.2 Å². The Kier molecular flexibility index (Phi) is 7.99. The Morgan fingerprint density at radius 1 is 1.07 bits per heavy atom. The van der Waals surface area contributed by atoms with Crippen molar-refractivity contribution in [2.75, 3.05) is 26.8 Å². The molecule has 4 nitrogen and oxygen atoms in total. The van der Waals surface area contributed by atoms with Crippen LogP contribution in [0, 0.1) is 5.82 Å². The van der Waals surface area contributed by atoms with Gasteiger partial charge in [0.15, 0.2) is 0 Å². The second-order valence-corrected chi connectivity index (χ2v) is 7.27. The maximum atomic E-state index is 13.5. The van der Waals surface area contributed by atoms with Crippen LogP contribution in [-0.4, -0.2) is 41.4 Å². The molecule has 1 aromatic heterocycles. The van der Waals surface area contributed by atoms with E-state index in [1.165, 1.54) is 6.07 Å². The van der Waals surface area contributed by atoms with Crippen molar-refractivity contribution in [3.63, 3.8) is 0 Å². The van der Waals surface area contributed by atoms with E-state index < -0.39 is 6.10 Å². The Bertz CT molecular complexity index is 866. The quantitative estimate of drug-likeness (QED) is 0.493. The number of halogens is 1. The summed E-state index contributed by atoms with van der Waals surface area (Å²) in [5.41, 5.74) is 2.98. The molecule has 0 saturated heterocycles. The van der Waals surface area contributed by atoms with Crippen LogP contribution in [0.15, 0.2) is 72.9 Å². The van der Waals surface area contributed by atoms with Gasteiger partial charge in [-0.3, -0.25) is 4.90 Å². The van der Waals surface area contributed by atoms with E-state index in [4.69, 9.17) is 4.74 Å². The summed E-state index contributed by atoms with van der Waals surface area (Å²) in [5, 5.41) is 10.7. The Labute approximate surface area is 172 Å². The lowest BCUT2D eigenvalue weighted by atomic mass is 10.1. The molecular formula is C24H29FN2O2. The first-order valence-electron chi connectivity index (χ1n) is 9.98. The summed E-state index contributed by atoms with van der Waals surface area (Å²) >= 11 is 0. The summed E-state index contributed by atoms with van der Waals surface area (Å²) in [4.78, 5) is 2.24. The fourth-order valence-corrected chi connectivity index (χ4v) is 3.50. The zero-order valence-corrected chi connectivity index (χ0v) is 16.9. The summed E-state index contributed by atoms with van der Waals surface area (Å²) in [6.45, 7) is 3.37. The summed E-state index contributed by atoms with van der Waals surface area (Å²) in [7, 11) is 1.70. The smallest absolute Gasteiger partial charge is 0.123 e. The number of aliphatic hydroxyl groups is 1. The molecule has 1 atom stereocenters. The second kappa shape index (κ2) is 10.9. The van der Waals surface area contributed by atoms with Gasteiger partial charge in [0.1, 0.15) is 5.82 Å². The topological polar surface area (TPSA) is 37.6 Å². The lowest BCUT2D eigenvalue weighted by Crippen LogP contribution is -2.31. The predicted molar refractivity (Wildman–Crippen MR) is 113 cm³/mol. The van der Waals surface area contributed by atoms with Gasteiger partial charge in [0, 0.05) is 51.8 Å². The standard InChI is InChI=1S/C24H29FN2O2/c1-29-15-7-13-26(19-24(28)21-9-3-2-4-10-21)18-23-12-6-14-27(23)17-20-8-5-11-22(25)16-20/h2-6,8-12,14,16,24,28H,7,13,15,17-19H2,1H3/t24-/m0/s1. The van der Waals surface area contributed by atoms with E-state index in [1.807, 2.05) is 48.7 Å². The Hall–Kier alpha value is -2.47. The van der Waals surface area contributed by atoms with Crippen LogP contribution in [0.5, 0.6) is 0 Å². The largest absolute Gasteiger partial charge is 0.387 e. The average molecular weight is 397 g/mol. The highest BCUT2D eigenvalue weighted by molar-refractivity contribution is 5.20. The molecule has 154 valence electrons. The molecule has 0 spiro atoms. The van der Waals surface area contributed by atoms with Crippen LogP contribution in [0.3, 0.4) is 0 Å². The number of hydrogen-bond donors (Lipinski definition) is 1. The molecule has 0 amide bonds. The number of rotatable bonds is 11. The van der Waals surface area contributed by atoms with Crippen LogP contribution in [0.25, 0.3) is 0 Å². The summed E-state index contributed by atoms with van der Waals surface area (Å²) < 4.78 is 20.9. The predicted octanol–water partition coefficient (Wildman–Crippen LogP) is 4.25. The lowest BCUT2D eigenvalue weighted by molar-refractivity contribution is 0.0983. The van der Waals surface area contributed by atoms with Gasteiger partial charge >= 0.3 is 0 Å². The molecular weight excluding hydrogens is 367 g/mol. The molecule has 3 aromatic rings. The lowest BCUT2D eigenvalue weighted by Gasteiger charge is -2.26. The number of methoxy groups -OCH3 is 1. The molecule has 0 unspecified atom stereocenters. The van der Waals surface area contributed by atoms with E-state index in [-0.39, 0.29) is 5.82 Å². The maximum absolute atomic E-state index is 13.5. The fourth-order valence-electron chi connectivity index (χ4n) is 3.50. The molecule has 0 aliphatic carbocycles. The molecule has 0 saturated carbocycles. The number of ether oxygens (including phenoxy) is 1. The monoisotopic (exact) mass is 396 g/mol. The molecule has 29 heavy (non-hydrogen) atoms. The van der Waals surface area contributed by atoms with E-state index in [0.717, 1.165) is 29.8 Å². The molecule has 0 aliphatic heterocycles. The van der Waals surface area contributed by atoms with Crippen molar-refractivity contribution in [2.24, 2.45) is 0 Å². The summed E-state index contributed by atoms with van der Waals surface area (Å²) in [5.74, 6) is -0.219. The van der Waals surface area contributed by atoms with Crippen molar-refractivity contribution in [3.05, 3.63) is 95.6 Å². The molecule has 1 N–H and O–H groups in total. The van der Waals surface area contributed by atoms with Crippen LogP contribution < -0.4 is 0 Å². The molecule has 5 heteroatoms. The number of benzene rings is 2. The van der Waals surface area contributed by atoms with Gasteiger partial charge in [-0.15, -0.1) is 0 Å². The third-order valence-electron chi connectivity index (χ3n) is 4.99. The van der Waals surface area contributed by atoms with Crippen molar-refractivity contribution in [1.82, 2.24) is 9.47 Å². The first-order valence-corrected chi connectivity index (χ1v) is 9.98. The molecule has 2 aromatic carbocycles. The van der Waals surface area contributed by atoms with Crippen LogP contribution in [-0.2, 0) is 17.8 Å². The third-order valence-corrected chi connectivity index (χ3v) is 4.99. The Morgan fingerprint density at radius 3 is 2.66 bits per heavy atom. The number of aliphatic hydroxyl groups excluding tert-OH is 1. The van der Waals surface area contributed by atoms with Crippen molar-refractivity contribution in [1.29, 1.82) is 0 Å². The van der Waals surface area contributed by atoms with Crippen LogP contribution >= 0.6 is 0 Å². The van der Waals surface area contributed by atoms with E-state index in [9.17, 15) is 9.50 Å². The first kappa shape index (κ1) is 21.2. The van der Waals surface area contributed by atoms with Gasteiger partial charge in [-0.05, 0) is 41.8 Å². The molecule has 3 rings (SSSR count). The third kappa shape index (κ3) is 6.53. The van der Waals surface area contributed by atoms with Crippen molar-refractivity contribution < 1.29 is 14.2 Å². The molecule has 0 aliphatic rings. The normalized spacial score (nSPS) is 12.4.